The van der Waals surface area contributed by atoms with Crippen molar-refractivity contribution in [2.24, 2.45) is 0 Å². The first-order chi connectivity index (χ1) is 13.4. The maximum Gasteiger partial charge on any atom is 0.416 e. The number of halogens is 4. The van der Waals surface area contributed by atoms with Gasteiger partial charge in [0.15, 0.2) is 0 Å². The maximum atomic E-state index is 13.0. The number of para-hydroxylation sites is 1. The fourth-order valence-electron chi connectivity index (χ4n) is 2.89. The van der Waals surface area contributed by atoms with E-state index in [0.29, 0.717) is 48.3 Å². The Bertz CT molecular complexity index is 941. The molecule has 3 aromatic rings. The molecule has 150 valence electrons. The second kappa shape index (κ2) is 8.84. The lowest BCUT2D eigenvalue weighted by molar-refractivity contribution is -0.137. The van der Waals surface area contributed by atoms with Crippen molar-refractivity contribution in [2.75, 3.05) is 13.2 Å². The standard InChI is InChI=1S/C20H20ClF3N2O2/c1-2-27-11-5-10-26-17-9-8-14(20(22,23)24)12-16(17)25-19(26)13-28-18-7-4-3-6-15(18)21/h3-4,6-9,12H,2,5,10-11,13H2,1H3. The molecule has 0 aliphatic carbocycles. The van der Waals surface area contributed by atoms with Crippen molar-refractivity contribution in [3.05, 3.63) is 58.9 Å². The van der Waals surface area contributed by atoms with Gasteiger partial charge in [0.2, 0.25) is 0 Å². The van der Waals surface area contributed by atoms with E-state index in [1.54, 1.807) is 24.3 Å². The van der Waals surface area contributed by atoms with Crippen LogP contribution in [0.4, 0.5) is 13.2 Å². The highest BCUT2D eigenvalue weighted by Crippen LogP contribution is 2.32. The van der Waals surface area contributed by atoms with E-state index in [9.17, 15) is 13.2 Å². The van der Waals surface area contributed by atoms with Crippen LogP contribution in [0.15, 0.2) is 42.5 Å². The molecule has 28 heavy (non-hydrogen) atoms. The van der Waals surface area contributed by atoms with Gasteiger partial charge in [0.1, 0.15) is 18.2 Å². The minimum atomic E-state index is -4.42. The third kappa shape index (κ3) is 4.77. The number of alkyl halides is 3. The zero-order chi connectivity index (χ0) is 20.1. The van der Waals surface area contributed by atoms with Gasteiger partial charge in [0, 0.05) is 19.8 Å². The zero-order valence-corrected chi connectivity index (χ0v) is 16.1. The van der Waals surface area contributed by atoms with E-state index in [0.717, 1.165) is 12.1 Å². The highest BCUT2D eigenvalue weighted by atomic mass is 35.5. The molecule has 0 unspecified atom stereocenters. The lowest BCUT2D eigenvalue weighted by Crippen LogP contribution is -2.09. The number of ether oxygens (including phenoxy) is 2. The summed E-state index contributed by atoms with van der Waals surface area (Å²) in [7, 11) is 0. The average Bonchev–Trinajstić information content (AvgIpc) is 3.01. The van der Waals surface area contributed by atoms with Crippen molar-refractivity contribution in [2.45, 2.75) is 32.7 Å². The summed E-state index contributed by atoms with van der Waals surface area (Å²) in [5, 5.41) is 0.459. The van der Waals surface area contributed by atoms with Crippen LogP contribution in [-0.4, -0.2) is 22.8 Å². The van der Waals surface area contributed by atoms with Crippen LogP contribution >= 0.6 is 11.6 Å². The highest BCUT2D eigenvalue weighted by Gasteiger charge is 2.31. The Morgan fingerprint density at radius 1 is 1.14 bits per heavy atom. The summed E-state index contributed by atoms with van der Waals surface area (Å²) in [5.41, 5.74) is 0.184. The van der Waals surface area contributed by atoms with Crippen LogP contribution in [0.2, 0.25) is 5.02 Å². The number of aromatic nitrogens is 2. The molecule has 4 nitrogen and oxygen atoms in total. The summed E-state index contributed by atoms with van der Waals surface area (Å²) in [6.07, 6.45) is -3.71. The smallest absolute Gasteiger partial charge is 0.416 e. The number of nitrogens with zero attached hydrogens (tertiary/aromatic N) is 2. The summed E-state index contributed by atoms with van der Waals surface area (Å²) in [6, 6.07) is 10.6. The van der Waals surface area contributed by atoms with Crippen LogP contribution in [0.3, 0.4) is 0 Å². The molecule has 0 spiro atoms. The van der Waals surface area contributed by atoms with Gasteiger partial charge >= 0.3 is 6.18 Å². The summed E-state index contributed by atoms with van der Waals surface area (Å²) in [4.78, 5) is 4.38. The summed E-state index contributed by atoms with van der Waals surface area (Å²) < 4.78 is 52.1. The third-order valence-electron chi connectivity index (χ3n) is 4.22. The Morgan fingerprint density at radius 2 is 1.93 bits per heavy atom. The average molecular weight is 413 g/mol. The number of hydrogen-bond donors (Lipinski definition) is 0. The van der Waals surface area contributed by atoms with Crippen molar-refractivity contribution in [1.82, 2.24) is 9.55 Å². The van der Waals surface area contributed by atoms with Crippen LogP contribution in [0, 0.1) is 0 Å². The molecule has 0 amide bonds. The first-order valence-corrected chi connectivity index (χ1v) is 9.29. The van der Waals surface area contributed by atoms with E-state index < -0.39 is 11.7 Å². The second-order valence-corrected chi connectivity index (χ2v) is 6.56. The van der Waals surface area contributed by atoms with Gasteiger partial charge in [-0.1, -0.05) is 23.7 Å². The molecule has 1 heterocycles. The Morgan fingerprint density at radius 3 is 2.64 bits per heavy atom. The van der Waals surface area contributed by atoms with Gasteiger partial charge in [-0.15, -0.1) is 0 Å². The van der Waals surface area contributed by atoms with Crippen LogP contribution in [0.25, 0.3) is 11.0 Å². The fourth-order valence-corrected chi connectivity index (χ4v) is 3.08. The number of rotatable bonds is 8. The molecule has 2 aromatic carbocycles. The molecule has 0 atom stereocenters. The predicted octanol–water partition coefficient (Wildman–Crippen LogP) is 5.71. The Hall–Kier alpha value is -2.25. The lowest BCUT2D eigenvalue weighted by Gasteiger charge is -2.11. The van der Waals surface area contributed by atoms with Crippen LogP contribution in [0.1, 0.15) is 24.7 Å². The first-order valence-electron chi connectivity index (χ1n) is 8.91. The zero-order valence-electron chi connectivity index (χ0n) is 15.3. The van der Waals surface area contributed by atoms with E-state index in [1.807, 2.05) is 11.5 Å². The molecule has 0 saturated carbocycles. The number of benzene rings is 2. The van der Waals surface area contributed by atoms with Gasteiger partial charge in [-0.05, 0) is 43.7 Å². The normalized spacial score (nSPS) is 11.9. The molecule has 1 aromatic heterocycles. The van der Waals surface area contributed by atoms with Gasteiger partial charge in [-0.25, -0.2) is 4.98 Å². The molecular weight excluding hydrogens is 393 g/mol. The molecule has 0 aliphatic heterocycles. The van der Waals surface area contributed by atoms with E-state index in [1.165, 1.54) is 6.07 Å². The first kappa shape index (κ1) is 20.5. The van der Waals surface area contributed by atoms with Crippen LogP contribution < -0.4 is 4.74 Å². The fraction of sp³-hybridized carbons (Fsp3) is 0.350. The monoisotopic (exact) mass is 412 g/mol. The van der Waals surface area contributed by atoms with Crippen LogP contribution in [-0.2, 0) is 24.1 Å². The molecule has 8 heteroatoms. The summed E-state index contributed by atoms with van der Waals surface area (Å²) in [6.45, 7) is 3.73. The van der Waals surface area contributed by atoms with Gasteiger partial charge in [0.25, 0.3) is 0 Å². The molecule has 0 aliphatic rings. The minimum absolute atomic E-state index is 0.0917. The lowest BCUT2D eigenvalue weighted by atomic mass is 10.2. The van der Waals surface area contributed by atoms with Crippen molar-refractivity contribution >= 4 is 22.6 Å². The van der Waals surface area contributed by atoms with E-state index in [-0.39, 0.29) is 12.1 Å². The predicted molar refractivity (Wildman–Crippen MR) is 102 cm³/mol. The largest absolute Gasteiger partial charge is 0.484 e. The number of aryl methyl sites for hydroxylation is 1. The number of hydrogen-bond acceptors (Lipinski definition) is 3. The molecule has 0 bridgehead atoms. The van der Waals surface area contributed by atoms with Gasteiger partial charge in [0.05, 0.1) is 21.6 Å². The molecular formula is C20H20ClF3N2O2. The van der Waals surface area contributed by atoms with Crippen molar-refractivity contribution < 1.29 is 22.6 Å². The number of imidazole rings is 1. The maximum absolute atomic E-state index is 13.0. The van der Waals surface area contributed by atoms with E-state index in [4.69, 9.17) is 21.1 Å². The number of fused-ring (bicyclic) bond motifs is 1. The topological polar surface area (TPSA) is 36.3 Å². The summed E-state index contributed by atoms with van der Waals surface area (Å²) in [5.74, 6) is 1.03. The Balaban J connectivity index is 1.90. The van der Waals surface area contributed by atoms with Crippen LogP contribution in [0.5, 0.6) is 5.75 Å². The van der Waals surface area contributed by atoms with Gasteiger partial charge in [-0.2, -0.15) is 13.2 Å². The second-order valence-electron chi connectivity index (χ2n) is 6.15. The quantitative estimate of drug-likeness (QED) is 0.444. The van der Waals surface area contributed by atoms with Crippen molar-refractivity contribution in [3.8, 4) is 5.75 Å². The van der Waals surface area contributed by atoms with Crippen molar-refractivity contribution in [3.63, 3.8) is 0 Å². The highest BCUT2D eigenvalue weighted by molar-refractivity contribution is 6.32. The summed E-state index contributed by atoms with van der Waals surface area (Å²) >= 11 is 6.10. The SMILES string of the molecule is CCOCCCn1c(COc2ccccc2Cl)nc2cc(C(F)(F)F)ccc21. The minimum Gasteiger partial charge on any atom is -0.484 e. The Kier molecular flexibility index (Phi) is 6.46. The van der Waals surface area contributed by atoms with Crippen molar-refractivity contribution in [1.29, 1.82) is 0 Å². The molecule has 0 N–H and O–H groups in total. The molecule has 0 radical (unpaired) electrons. The van der Waals surface area contributed by atoms with E-state index >= 15 is 0 Å². The third-order valence-corrected chi connectivity index (χ3v) is 4.53. The molecule has 0 fully saturated rings. The molecule has 0 saturated heterocycles. The van der Waals surface area contributed by atoms with Gasteiger partial charge < -0.3 is 14.0 Å². The molecule has 3 rings (SSSR count). The van der Waals surface area contributed by atoms with E-state index in [2.05, 4.69) is 4.98 Å². The van der Waals surface area contributed by atoms with Gasteiger partial charge in [-0.3, -0.25) is 0 Å². The Labute approximate surface area is 165 Å².